The van der Waals surface area contributed by atoms with E-state index in [0.29, 0.717) is 18.9 Å². The van der Waals surface area contributed by atoms with E-state index in [2.05, 4.69) is 56.7 Å². The van der Waals surface area contributed by atoms with Gasteiger partial charge in [0.2, 0.25) is 5.89 Å². The minimum absolute atomic E-state index is 0. The van der Waals surface area contributed by atoms with Crippen molar-refractivity contribution in [3.8, 4) is 11.5 Å². The summed E-state index contributed by atoms with van der Waals surface area (Å²) >= 11 is 0. The number of hydrogen-bond donors (Lipinski definition) is 2. The monoisotopic (exact) mass is 563 g/mol. The highest BCUT2D eigenvalue weighted by Crippen LogP contribution is 2.24. The molecule has 1 fully saturated rings. The van der Waals surface area contributed by atoms with Gasteiger partial charge in [-0.05, 0) is 61.7 Å². The molecule has 0 amide bonds. The van der Waals surface area contributed by atoms with Crippen LogP contribution in [0.4, 0.5) is 10.1 Å². The van der Waals surface area contributed by atoms with Crippen molar-refractivity contribution in [2.24, 2.45) is 4.99 Å². The smallest absolute Gasteiger partial charge is 0.226 e. The van der Waals surface area contributed by atoms with Gasteiger partial charge in [0.15, 0.2) is 5.96 Å². The zero-order valence-electron chi connectivity index (χ0n) is 19.1. The van der Waals surface area contributed by atoms with Crippen LogP contribution in [-0.4, -0.2) is 37.6 Å². The number of guanidine groups is 1. The van der Waals surface area contributed by atoms with Crippen LogP contribution in [0.15, 0.2) is 64.2 Å². The van der Waals surface area contributed by atoms with E-state index in [9.17, 15) is 4.39 Å². The molecule has 1 atom stereocenters. The van der Waals surface area contributed by atoms with Crippen LogP contribution in [0.25, 0.3) is 11.5 Å². The zero-order valence-corrected chi connectivity index (χ0v) is 21.4. The third kappa shape index (κ3) is 6.69. The maximum Gasteiger partial charge on any atom is 0.226 e. The molecular formula is C25H31FIN5O. The Hall–Kier alpha value is -2.62. The van der Waals surface area contributed by atoms with Crippen LogP contribution in [0.1, 0.15) is 37.1 Å². The first-order chi connectivity index (χ1) is 15.6. The molecule has 1 aromatic heterocycles. The topological polar surface area (TPSA) is 65.7 Å². The SMILES string of the molecule is CN=C(NCCc1coc(-c2ccc(F)cc2)n1)NC(C)c1cccc(N2CCCC2)c1.I. The molecule has 0 spiro atoms. The van der Waals surface area contributed by atoms with Gasteiger partial charge in [0.1, 0.15) is 12.1 Å². The summed E-state index contributed by atoms with van der Waals surface area (Å²) in [6, 6.07) is 15.0. The Morgan fingerprint density at radius 1 is 1.18 bits per heavy atom. The number of benzene rings is 2. The molecule has 0 aliphatic carbocycles. The molecule has 0 saturated carbocycles. The van der Waals surface area contributed by atoms with Crippen molar-refractivity contribution in [3.05, 3.63) is 71.9 Å². The van der Waals surface area contributed by atoms with E-state index in [1.165, 1.54) is 36.2 Å². The lowest BCUT2D eigenvalue weighted by Gasteiger charge is -2.22. The number of halogens is 2. The molecule has 1 aliphatic heterocycles. The first-order valence-electron chi connectivity index (χ1n) is 11.1. The highest BCUT2D eigenvalue weighted by Gasteiger charge is 2.14. The van der Waals surface area contributed by atoms with E-state index in [0.717, 1.165) is 30.3 Å². The Morgan fingerprint density at radius 3 is 2.67 bits per heavy atom. The quantitative estimate of drug-likeness (QED) is 0.236. The second-order valence-electron chi connectivity index (χ2n) is 8.06. The summed E-state index contributed by atoms with van der Waals surface area (Å²) in [6.45, 7) is 5.08. The first kappa shape index (κ1) is 25.0. The number of anilines is 1. The molecule has 3 aromatic rings. The van der Waals surface area contributed by atoms with Crippen molar-refractivity contribution in [2.75, 3.05) is 31.6 Å². The number of nitrogens with zero attached hydrogens (tertiary/aromatic N) is 3. The Balaban J connectivity index is 0.00000306. The van der Waals surface area contributed by atoms with Gasteiger partial charge >= 0.3 is 0 Å². The Kier molecular flexibility index (Phi) is 9.11. The molecule has 2 heterocycles. The minimum atomic E-state index is -0.277. The number of rotatable bonds is 7. The van der Waals surface area contributed by atoms with E-state index in [-0.39, 0.29) is 35.8 Å². The summed E-state index contributed by atoms with van der Waals surface area (Å²) in [5.41, 5.74) is 4.11. The number of aromatic nitrogens is 1. The van der Waals surface area contributed by atoms with Gasteiger partial charge in [0.05, 0.1) is 11.7 Å². The summed E-state index contributed by atoms with van der Waals surface area (Å²) in [5, 5.41) is 6.81. The second-order valence-corrected chi connectivity index (χ2v) is 8.06. The van der Waals surface area contributed by atoms with Crippen molar-refractivity contribution >= 4 is 35.6 Å². The van der Waals surface area contributed by atoms with Crippen molar-refractivity contribution in [3.63, 3.8) is 0 Å². The van der Waals surface area contributed by atoms with Crippen molar-refractivity contribution in [2.45, 2.75) is 32.2 Å². The molecule has 8 heteroatoms. The van der Waals surface area contributed by atoms with Gasteiger partial charge in [-0.2, -0.15) is 0 Å². The Morgan fingerprint density at radius 2 is 1.94 bits per heavy atom. The molecule has 1 unspecified atom stereocenters. The number of nitrogens with one attached hydrogen (secondary N) is 2. The van der Waals surface area contributed by atoms with E-state index in [4.69, 9.17) is 4.42 Å². The fourth-order valence-electron chi connectivity index (χ4n) is 3.91. The molecule has 0 bridgehead atoms. The van der Waals surface area contributed by atoms with Crippen LogP contribution in [0, 0.1) is 5.82 Å². The van der Waals surface area contributed by atoms with Gasteiger partial charge in [-0.3, -0.25) is 4.99 Å². The average molecular weight is 563 g/mol. The van der Waals surface area contributed by atoms with Crippen LogP contribution in [-0.2, 0) is 6.42 Å². The van der Waals surface area contributed by atoms with Gasteiger partial charge in [0, 0.05) is 44.4 Å². The van der Waals surface area contributed by atoms with Crippen LogP contribution in [0.3, 0.4) is 0 Å². The standard InChI is InChI=1S/C25H30FN5O.HI/c1-18(20-6-5-7-23(16-20)31-14-3-4-15-31)29-25(27-2)28-13-12-22-17-32-24(30-22)19-8-10-21(26)11-9-19;/h5-11,16-18H,3-4,12-15H2,1-2H3,(H2,27,28,29);1H. The molecular weight excluding hydrogens is 532 g/mol. The van der Waals surface area contributed by atoms with Gasteiger partial charge in [-0.1, -0.05) is 12.1 Å². The molecule has 33 heavy (non-hydrogen) atoms. The molecule has 1 saturated heterocycles. The van der Waals surface area contributed by atoms with Crippen LogP contribution >= 0.6 is 24.0 Å². The zero-order chi connectivity index (χ0) is 22.3. The highest BCUT2D eigenvalue weighted by atomic mass is 127. The molecule has 0 radical (unpaired) electrons. The van der Waals surface area contributed by atoms with Crippen LogP contribution < -0.4 is 15.5 Å². The third-order valence-corrected chi connectivity index (χ3v) is 5.73. The largest absolute Gasteiger partial charge is 0.444 e. The van der Waals surface area contributed by atoms with Gasteiger partial charge in [-0.25, -0.2) is 9.37 Å². The van der Waals surface area contributed by atoms with Gasteiger partial charge in [0.25, 0.3) is 0 Å². The fraction of sp³-hybridized carbons (Fsp3) is 0.360. The summed E-state index contributed by atoms with van der Waals surface area (Å²) in [6.07, 6.45) is 4.87. The number of aliphatic imine (C=N–C) groups is 1. The maximum absolute atomic E-state index is 13.1. The maximum atomic E-state index is 13.1. The highest BCUT2D eigenvalue weighted by molar-refractivity contribution is 14.0. The van der Waals surface area contributed by atoms with Crippen molar-refractivity contribution < 1.29 is 8.81 Å². The summed E-state index contributed by atoms with van der Waals surface area (Å²) in [4.78, 5) is 11.3. The normalized spacial score (nSPS) is 14.6. The van der Waals surface area contributed by atoms with Gasteiger partial charge < -0.3 is 20.0 Å². The van der Waals surface area contributed by atoms with E-state index < -0.39 is 0 Å². The molecule has 2 N–H and O–H groups in total. The summed E-state index contributed by atoms with van der Waals surface area (Å²) in [7, 11) is 1.77. The predicted octanol–water partition coefficient (Wildman–Crippen LogP) is 5.17. The lowest BCUT2D eigenvalue weighted by Crippen LogP contribution is -2.39. The van der Waals surface area contributed by atoms with Crippen molar-refractivity contribution in [1.82, 2.24) is 15.6 Å². The predicted molar refractivity (Wildman–Crippen MR) is 142 cm³/mol. The van der Waals surface area contributed by atoms with Gasteiger partial charge in [-0.15, -0.1) is 24.0 Å². The Bertz CT molecular complexity index is 1050. The van der Waals surface area contributed by atoms with E-state index >= 15 is 0 Å². The number of oxazole rings is 1. The first-order valence-corrected chi connectivity index (χ1v) is 11.1. The lowest BCUT2D eigenvalue weighted by molar-refractivity contribution is 0.571. The lowest BCUT2D eigenvalue weighted by atomic mass is 10.1. The van der Waals surface area contributed by atoms with Crippen molar-refractivity contribution in [1.29, 1.82) is 0 Å². The Labute approximate surface area is 211 Å². The minimum Gasteiger partial charge on any atom is -0.444 e. The average Bonchev–Trinajstić information content (AvgIpc) is 3.52. The molecule has 1 aliphatic rings. The second kappa shape index (κ2) is 12.0. The summed E-state index contributed by atoms with van der Waals surface area (Å²) in [5.74, 6) is 0.959. The molecule has 6 nitrogen and oxygen atoms in total. The number of hydrogen-bond acceptors (Lipinski definition) is 4. The van der Waals surface area contributed by atoms with Crippen LogP contribution in [0.2, 0.25) is 0 Å². The molecule has 4 rings (SSSR count). The van der Waals surface area contributed by atoms with Crippen LogP contribution in [0.5, 0.6) is 0 Å². The molecule has 2 aromatic carbocycles. The third-order valence-electron chi connectivity index (χ3n) is 5.73. The van der Waals surface area contributed by atoms with E-state index in [1.807, 2.05) is 0 Å². The molecule has 176 valence electrons. The van der Waals surface area contributed by atoms with E-state index in [1.54, 1.807) is 25.4 Å². The fourth-order valence-corrected chi connectivity index (χ4v) is 3.91. The summed E-state index contributed by atoms with van der Waals surface area (Å²) < 4.78 is 18.6.